The molecule has 96 valence electrons. The van der Waals surface area contributed by atoms with Gasteiger partial charge in [0.05, 0.1) is 11.0 Å². The lowest BCUT2D eigenvalue weighted by Crippen LogP contribution is -2.49. The molecule has 0 aliphatic carbocycles. The first-order chi connectivity index (χ1) is 6.96. The van der Waals surface area contributed by atoms with Gasteiger partial charge in [0.15, 0.2) is 9.84 Å². The molecule has 3 heteroatoms. The van der Waals surface area contributed by atoms with Gasteiger partial charge in [-0.2, -0.15) is 0 Å². The second-order valence-electron chi connectivity index (χ2n) is 7.27. The van der Waals surface area contributed by atoms with Crippen molar-refractivity contribution >= 4 is 9.84 Å². The Morgan fingerprint density at radius 2 is 1.44 bits per heavy atom. The molecule has 16 heavy (non-hydrogen) atoms. The highest BCUT2D eigenvalue weighted by Gasteiger charge is 2.48. The molecule has 1 saturated heterocycles. The summed E-state index contributed by atoms with van der Waals surface area (Å²) in [6, 6.07) is 0. The third-order valence-corrected chi connectivity index (χ3v) is 6.33. The van der Waals surface area contributed by atoms with Crippen LogP contribution in [0.25, 0.3) is 0 Å². The summed E-state index contributed by atoms with van der Waals surface area (Å²) in [6.07, 6.45) is 1.88. The van der Waals surface area contributed by atoms with Gasteiger partial charge >= 0.3 is 0 Å². The fraction of sp³-hybridized carbons (Fsp3) is 1.00. The fourth-order valence-corrected chi connectivity index (χ4v) is 6.01. The lowest BCUT2D eigenvalue weighted by molar-refractivity contribution is 0.151. The van der Waals surface area contributed by atoms with Crippen molar-refractivity contribution in [2.45, 2.75) is 59.6 Å². The van der Waals surface area contributed by atoms with E-state index in [2.05, 4.69) is 41.5 Å². The third-order valence-electron chi connectivity index (χ3n) is 3.66. The third kappa shape index (κ3) is 2.79. The summed E-state index contributed by atoms with van der Waals surface area (Å²) in [4.78, 5) is 0. The van der Waals surface area contributed by atoms with E-state index in [1.807, 2.05) is 0 Å². The smallest absolute Gasteiger partial charge is 0.153 e. The fourth-order valence-electron chi connectivity index (χ4n) is 3.06. The van der Waals surface area contributed by atoms with Crippen LogP contribution in [-0.4, -0.2) is 19.4 Å². The zero-order chi connectivity index (χ0) is 12.8. The van der Waals surface area contributed by atoms with Gasteiger partial charge in [0.25, 0.3) is 0 Å². The van der Waals surface area contributed by atoms with Crippen molar-refractivity contribution in [2.24, 2.45) is 16.7 Å². The number of hydrogen-bond donors (Lipinski definition) is 0. The van der Waals surface area contributed by atoms with E-state index in [0.29, 0.717) is 5.75 Å². The van der Waals surface area contributed by atoms with Gasteiger partial charge in [0, 0.05) is 0 Å². The molecular weight excluding hydrogens is 220 g/mol. The lowest BCUT2D eigenvalue weighted by Gasteiger charge is -2.45. The van der Waals surface area contributed by atoms with Gasteiger partial charge in [0.1, 0.15) is 0 Å². The van der Waals surface area contributed by atoms with Gasteiger partial charge in [-0.05, 0) is 29.6 Å². The molecule has 1 fully saturated rings. The lowest BCUT2D eigenvalue weighted by atomic mass is 9.69. The number of sulfone groups is 1. The van der Waals surface area contributed by atoms with Crippen molar-refractivity contribution in [1.82, 2.24) is 0 Å². The molecule has 1 heterocycles. The Bertz CT molecular complexity index is 341. The summed E-state index contributed by atoms with van der Waals surface area (Å²) in [5.74, 6) is 0.660. The van der Waals surface area contributed by atoms with E-state index in [1.165, 1.54) is 0 Å². The molecule has 0 amide bonds. The average Bonchev–Trinajstić information content (AvgIpc) is 1.97. The molecule has 0 spiro atoms. The van der Waals surface area contributed by atoms with Crippen molar-refractivity contribution in [3.8, 4) is 0 Å². The van der Waals surface area contributed by atoms with Crippen LogP contribution in [-0.2, 0) is 9.84 Å². The summed E-state index contributed by atoms with van der Waals surface area (Å²) in [5, 5.41) is -0.186. The van der Waals surface area contributed by atoms with Crippen molar-refractivity contribution in [1.29, 1.82) is 0 Å². The summed E-state index contributed by atoms with van der Waals surface area (Å²) < 4.78 is 24.6. The summed E-state index contributed by atoms with van der Waals surface area (Å²) >= 11 is 0. The van der Waals surface area contributed by atoms with Gasteiger partial charge in [-0.1, -0.05) is 41.5 Å². The number of hydrogen-bond acceptors (Lipinski definition) is 2. The maximum Gasteiger partial charge on any atom is 0.153 e. The van der Waals surface area contributed by atoms with Gasteiger partial charge in [-0.25, -0.2) is 8.42 Å². The van der Waals surface area contributed by atoms with E-state index in [4.69, 9.17) is 0 Å². The predicted molar refractivity (Wildman–Crippen MR) is 69.2 cm³/mol. The Kier molecular flexibility index (Phi) is 3.51. The molecule has 0 radical (unpaired) electrons. The van der Waals surface area contributed by atoms with E-state index in [-0.39, 0.29) is 22.0 Å². The van der Waals surface area contributed by atoms with Crippen LogP contribution in [0.1, 0.15) is 54.4 Å². The molecule has 1 aliphatic heterocycles. The van der Waals surface area contributed by atoms with Crippen LogP contribution in [0.3, 0.4) is 0 Å². The molecule has 2 nitrogen and oxygen atoms in total. The monoisotopic (exact) mass is 246 g/mol. The van der Waals surface area contributed by atoms with Crippen molar-refractivity contribution in [3.05, 3.63) is 0 Å². The SMILES string of the molecule is CC(C)(C)C1CCCS(=O)(=O)C1C(C)(C)C. The van der Waals surface area contributed by atoms with Crippen LogP contribution in [0, 0.1) is 16.7 Å². The minimum absolute atomic E-state index is 0.0748. The van der Waals surface area contributed by atoms with Crippen molar-refractivity contribution in [2.75, 3.05) is 5.75 Å². The summed E-state index contributed by atoms with van der Waals surface area (Å²) in [5.41, 5.74) is -0.0807. The zero-order valence-electron chi connectivity index (χ0n) is 11.5. The maximum absolute atomic E-state index is 12.3. The Morgan fingerprint density at radius 3 is 1.75 bits per heavy atom. The molecule has 0 aromatic heterocycles. The van der Waals surface area contributed by atoms with E-state index < -0.39 is 9.84 Å². The minimum Gasteiger partial charge on any atom is -0.229 e. The van der Waals surface area contributed by atoms with Crippen molar-refractivity contribution < 1.29 is 8.42 Å². The highest BCUT2D eigenvalue weighted by atomic mass is 32.2. The average molecular weight is 246 g/mol. The molecule has 2 atom stereocenters. The van der Waals surface area contributed by atoms with Crippen molar-refractivity contribution in [3.63, 3.8) is 0 Å². The molecule has 2 unspecified atom stereocenters. The minimum atomic E-state index is -2.91. The first-order valence-electron chi connectivity index (χ1n) is 6.18. The Balaban J connectivity index is 3.19. The first-order valence-corrected chi connectivity index (χ1v) is 7.89. The maximum atomic E-state index is 12.3. The molecule has 0 aromatic carbocycles. The number of rotatable bonds is 0. The van der Waals surface area contributed by atoms with Crippen LogP contribution in [0.2, 0.25) is 0 Å². The predicted octanol–water partition coefficient (Wildman–Crippen LogP) is 3.27. The molecular formula is C13H26O2S. The zero-order valence-corrected chi connectivity index (χ0v) is 12.3. The van der Waals surface area contributed by atoms with E-state index in [9.17, 15) is 8.42 Å². The standard InChI is InChI=1S/C13H26O2S/c1-12(2,3)10-8-7-9-16(14,15)11(10)13(4,5)6/h10-11H,7-9H2,1-6H3. The van der Waals surface area contributed by atoms with Gasteiger partial charge in [0.2, 0.25) is 0 Å². The molecule has 1 rings (SSSR count). The Hall–Kier alpha value is -0.0500. The molecule has 0 N–H and O–H groups in total. The van der Waals surface area contributed by atoms with Gasteiger partial charge in [-0.3, -0.25) is 0 Å². The van der Waals surface area contributed by atoms with Gasteiger partial charge < -0.3 is 0 Å². The van der Waals surface area contributed by atoms with Gasteiger partial charge in [-0.15, -0.1) is 0 Å². The molecule has 1 aliphatic rings. The molecule has 0 bridgehead atoms. The van der Waals surface area contributed by atoms with E-state index in [1.54, 1.807) is 0 Å². The summed E-state index contributed by atoms with van der Waals surface area (Å²) in [6.45, 7) is 12.7. The van der Waals surface area contributed by atoms with Crippen LogP contribution < -0.4 is 0 Å². The highest BCUT2D eigenvalue weighted by molar-refractivity contribution is 7.92. The summed E-state index contributed by atoms with van der Waals surface area (Å²) in [7, 11) is -2.91. The highest BCUT2D eigenvalue weighted by Crippen LogP contribution is 2.45. The molecule has 0 saturated carbocycles. The first kappa shape index (κ1) is 14.0. The molecule has 0 aromatic rings. The largest absolute Gasteiger partial charge is 0.229 e. The van der Waals surface area contributed by atoms with Crippen LogP contribution in [0.5, 0.6) is 0 Å². The van der Waals surface area contributed by atoms with E-state index >= 15 is 0 Å². The quantitative estimate of drug-likeness (QED) is 0.657. The topological polar surface area (TPSA) is 34.1 Å². The van der Waals surface area contributed by atoms with Crippen LogP contribution >= 0.6 is 0 Å². The Morgan fingerprint density at radius 1 is 0.938 bits per heavy atom. The Labute approximate surface area is 101 Å². The second kappa shape index (κ2) is 4.01. The second-order valence-corrected chi connectivity index (χ2v) is 9.51. The van der Waals surface area contributed by atoms with E-state index in [0.717, 1.165) is 12.8 Å². The van der Waals surface area contributed by atoms with Crippen LogP contribution in [0.4, 0.5) is 0 Å². The van der Waals surface area contributed by atoms with Crippen LogP contribution in [0.15, 0.2) is 0 Å². The normalized spacial score (nSPS) is 31.4.